The van der Waals surface area contributed by atoms with E-state index >= 15 is 0 Å². The number of rotatable bonds is 14. The molecule has 1 aliphatic rings. The molecule has 0 saturated carbocycles. The number of carbonyl (C=O) groups is 1. The van der Waals surface area contributed by atoms with Crippen molar-refractivity contribution in [2.24, 2.45) is 0 Å². The Morgan fingerprint density at radius 3 is 2.08 bits per heavy atom. The number of hydrogen-bond donors (Lipinski definition) is 3. The Hall–Kier alpha value is -4.29. The Kier molecular flexibility index (Phi) is 12.4. The van der Waals surface area contributed by atoms with Crippen LogP contribution in [0, 0.1) is 6.92 Å². The molecule has 4 unspecified atom stereocenters. The van der Waals surface area contributed by atoms with Gasteiger partial charge >= 0.3 is 0 Å². The van der Waals surface area contributed by atoms with Crippen molar-refractivity contribution in [2.45, 2.75) is 67.2 Å². The van der Waals surface area contributed by atoms with Crippen LogP contribution in [0.25, 0.3) is 0 Å². The number of hydrogen-bond acceptors (Lipinski definition) is 7. The number of benzene rings is 5. The van der Waals surface area contributed by atoms with Crippen LogP contribution in [0.2, 0.25) is 0 Å². The number of sulfonamides is 1. The van der Waals surface area contributed by atoms with Crippen molar-refractivity contribution < 1.29 is 27.8 Å². The van der Waals surface area contributed by atoms with Crippen LogP contribution >= 0.6 is 11.8 Å². The first-order valence-electron chi connectivity index (χ1n) is 16.9. The van der Waals surface area contributed by atoms with Gasteiger partial charge in [0, 0.05) is 29.2 Å². The van der Waals surface area contributed by atoms with E-state index in [4.69, 9.17) is 9.47 Å². The predicted molar refractivity (Wildman–Crippen MR) is 199 cm³/mol. The molecule has 0 spiro atoms. The lowest BCUT2D eigenvalue weighted by Crippen LogP contribution is -2.47. The second-order valence-corrected chi connectivity index (χ2v) is 15.4. The Morgan fingerprint density at radius 2 is 1.41 bits per heavy atom. The summed E-state index contributed by atoms with van der Waals surface area (Å²) in [6.45, 7) is 2.08. The van der Waals surface area contributed by atoms with Crippen molar-refractivity contribution in [1.82, 2.24) is 10.0 Å². The van der Waals surface area contributed by atoms with Gasteiger partial charge in [0.1, 0.15) is 6.04 Å². The number of aryl methyl sites for hydroxylation is 1. The fourth-order valence-corrected chi connectivity index (χ4v) is 7.98. The van der Waals surface area contributed by atoms with E-state index < -0.39 is 28.3 Å². The van der Waals surface area contributed by atoms with Gasteiger partial charge in [0.15, 0.2) is 6.29 Å². The van der Waals surface area contributed by atoms with E-state index in [0.29, 0.717) is 6.42 Å². The van der Waals surface area contributed by atoms with Gasteiger partial charge in [-0.25, -0.2) is 8.42 Å². The van der Waals surface area contributed by atoms with E-state index in [9.17, 15) is 18.3 Å². The van der Waals surface area contributed by atoms with Crippen molar-refractivity contribution in [2.75, 3.05) is 5.75 Å². The number of thioether (sulfide) groups is 1. The fourth-order valence-electron chi connectivity index (χ4n) is 5.84. The summed E-state index contributed by atoms with van der Waals surface area (Å²) in [4.78, 5) is 14.8. The minimum absolute atomic E-state index is 0.0165. The second kappa shape index (κ2) is 17.3. The lowest BCUT2D eigenvalue weighted by Gasteiger charge is -2.36. The molecular weight excluding hydrogens is 681 g/mol. The summed E-state index contributed by atoms with van der Waals surface area (Å²) < 4.78 is 42.1. The predicted octanol–water partition coefficient (Wildman–Crippen LogP) is 7.03. The highest BCUT2D eigenvalue weighted by Crippen LogP contribution is 2.39. The number of aliphatic hydroxyl groups excluding tert-OH is 1. The Morgan fingerprint density at radius 1 is 0.784 bits per heavy atom. The van der Waals surface area contributed by atoms with Gasteiger partial charge in [-0.1, -0.05) is 115 Å². The Bertz CT molecular complexity index is 1960. The van der Waals surface area contributed by atoms with Gasteiger partial charge in [0.25, 0.3) is 0 Å². The van der Waals surface area contributed by atoms with Crippen molar-refractivity contribution in [3.63, 3.8) is 0 Å². The number of amides is 1. The number of nitrogens with one attached hydrogen (secondary N) is 2. The second-order valence-electron chi connectivity index (χ2n) is 12.6. The van der Waals surface area contributed by atoms with E-state index in [2.05, 4.69) is 22.2 Å². The average Bonchev–Trinajstić information content (AvgIpc) is 3.17. The summed E-state index contributed by atoms with van der Waals surface area (Å²) in [6, 6.07) is 40.6. The molecule has 1 fully saturated rings. The molecule has 51 heavy (non-hydrogen) atoms. The van der Waals surface area contributed by atoms with E-state index in [1.165, 1.54) is 17.0 Å². The van der Waals surface area contributed by atoms with Gasteiger partial charge in [-0.15, -0.1) is 11.8 Å². The van der Waals surface area contributed by atoms with Crippen molar-refractivity contribution in [3.05, 3.63) is 167 Å². The standard InChI is InChI=1S/C41H42N2O6S2/c1-29-12-22-37(23-13-29)51(46,47)43-38(24-30-8-4-2-5-9-30)40(45)42-26-31-14-20-34(21-15-31)41-48-35(28-50-36-10-6-3-7-11-36)25-39(49-41)33-18-16-32(27-44)17-19-33/h2-23,35,38-39,41,43-44H,24-28H2,1H3,(H,42,45). The topological polar surface area (TPSA) is 114 Å². The highest BCUT2D eigenvalue weighted by Gasteiger charge is 2.32. The monoisotopic (exact) mass is 722 g/mol. The summed E-state index contributed by atoms with van der Waals surface area (Å²) in [6.07, 6.45) is 0.0256. The molecule has 5 aromatic carbocycles. The van der Waals surface area contributed by atoms with Gasteiger partial charge in [-0.2, -0.15) is 4.72 Å². The summed E-state index contributed by atoms with van der Waals surface area (Å²) in [5.41, 5.74) is 5.34. The lowest BCUT2D eigenvalue weighted by molar-refractivity contribution is -0.245. The van der Waals surface area contributed by atoms with E-state index in [1.54, 1.807) is 23.9 Å². The smallest absolute Gasteiger partial charge is 0.241 e. The van der Waals surface area contributed by atoms with Gasteiger partial charge in [0.05, 0.1) is 23.7 Å². The van der Waals surface area contributed by atoms with Crippen molar-refractivity contribution >= 4 is 27.7 Å². The van der Waals surface area contributed by atoms with Crippen LogP contribution in [0.3, 0.4) is 0 Å². The third-order valence-electron chi connectivity index (χ3n) is 8.74. The fraction of sp³-hybridized carbons (Fsp3) is 0.244. The molecule has 0 bridgehead atoms. The third kappa shape index (κ3) is 10.2. The number of carbonyl (C=O) groups excluding carboxylic acids is 1. The summed E-state index contributed by atoms with van der Waals surface area (Å²) in [5.74, 6) is 0.336. The van der Waals surface area contributed by atoms with Crippen molar-refractivity contribution in [1.29, 1.82) is 0 Å². The first-order chi connectivity index (χ1) is 24.8. The van der Waals surface area contributed by atoms with Gasteiger partial charge in [0.2, 0.25) is 15.9 Å². The number of ether oxygens (including phenoxy) is 2. The van der Waals surface area contributed by atoms with E-state index in [1.807, 2.05) is 104 Å². The number of aliphatic hydroxyl groups is 1. The molecule has 0 radical (unpaired) electrons. The van der Waals surface area contributed by atoms with Crippen LogP contribution in [-0.4, -0.2) is 37.3 Å². The zero-order valence-electron chi connectivity index (χ0n) is 28.4. The van der Waals surface area contributed by atoms with Crippen LogP contribution in [0.15, 0.2) is 143 Å². The molecule has 1 heterocycles. The Labute approximate surface area is 304 Å². The molecule has 8 nitrogen and oxygen atoms in total. The SMILES string of the molecule is Cc1ccc(S(=O)(=O)NC(Cc2ccccc2)C(=O)NCc2ccc(C3OC(CSc4ccccc4)CC(c4ccc(CO)cc4)O3)cc2)cc1. The molecule has 0 aromatic heterocycles. The van der Waals surface area contributed by atoms with Crippen LogP contribution in [0.5, 0.6) is 0 Å². The molecular formula is C41H42N2O6S2. The van der Waals surface area contributed by atoms with Gasteiger partial charge < -0.3 is 19.9 Å². The minimum Gasteiger partial charge on any atom is -0.392 e. The highest BCUT2D eigenvalue weighted by atomic mass is 32.2. The summed E-state index contributed by atoms with van der Waals surface area (Å²) in [7, 11) is -3.95. The molecule has 1 saturated heterocycles. The molecule has 1 aliphatic heterocycles. The molecule has 3 N–H and O–H groups in total. The zero-order chi connectivity index (χ0) is 35.6. The van der Waals surface area contributed by atoms with E-state index in [-0.39, 0.29) is 36.7 Å². The van der Waals surface area contributed by atoms with Crippen LogP contribution in [-0.2, 0) is 43.9 Å². The minimum atomic E-state index is -3.95. The highest BCUT2D eigenvalue weighted by molar-refractivity contribution is 7.99. The molecule has 264 valence electrons. The largest absolute Gasteiger partial charge is 0.392 e. The maximum atomic E-state index is 13.5. The lowest BCUT2D eigenvalue weighted by atomic mass is 10.0. The first-order valence-corrected chi connectivity index (χ1v) is 19.4. The molecule has 6 rings (SSSR count). The van der Waals surface area contributed by atoms with Crippen LogP contribution < -0.4 is 10.0 Å². The van der Waals surface area contributed by atoms with Crippen molar-refractivity contribution in [3.8, 4) is 0 Å². The quantitative estimate of drug-likeness (QED) is 0.106. The molecule has 4 atom stereocenters. The first kappa shape index (κ1) is 36.5. The average molecular weight is 723 g/mol. The maximum Gasteiger partial charge on any atom is 0.241 e. The maximum absolute atomic E-state index is 13.5. The molecule has 10 heteroatoms. The van der Waals surface area contributed by atoms with Gasteiger partial charge in [-0.05, 0) is 59.9 Å². The summed E-state index contributed by atoms with van der Waals surface area (Å²) in [5, 5.41) is 12.4. The molecule has 5 aromatic rings. The normalized spacial score (nSPS) is 18.2. The van der Waals surface area contributed by atoms with Gasteiger partial charge in [-0.3, -0.25) is 4.79 Å². The third-order valence-corrected chi connectivity index (χ3v) is 11.4. The van der Waals surface area contributed by atoms with E-state index in [0.717, 1.165) is 39.1 Å². The Balaban J connectivity index is 1.13. The molecule has 1 amide bonds. The molecule has 0 aliphatic carbocycles. The van der Waals surface area contributed by atoms with Crippen LogP contribution in [0.4, 0.5) is 0 Å². The zero-order valence-corrected chi connectivity index (χ0v) is 30.0. The van der Waals surface area contributed by atoms with Crippen LogP contribution in [0.1, 0.15) is 52.2 Å². The summed E-state index contributed by atoms with van der Waals surface area (Å²) >= 11 is 1.75.